The van der Waals surface area contributed by atoms with Gasteiger partial charge >= 0.3 is 0 Å². The number of hydrazine groups is 1. The van der Waals surface area contributed by atoms with E-state index in [1.54, 1.807) is 6.08 Å². The lowest BCUT2D eigenvalue weighted by Crippen LogP contribution is -2.35. The number of nitrogens with one attached hydrogen (secondary N) is 1. The van der Waals surface area contributed by atoms with E-state index in [4.69, 9.17) is 0 Å². The highest BCUT2D eigenvalue weighted by atomic mass is 16.2. The zero-order valence-electron chi connectivity index (χ0n) is 13.4. The smallest absolute Gasteiger partial charge is 0.267 e. The lowest BCUT2D eigenvalue weighted by molar-refractivity contribution is -0.117. The molecule has 1 aliphatic heterocycles. The van der Waals surface area contributed by atoms with E-state index in [0.29, 0.717) is 5.69 Å². The van der Waals surface area contributed by atoms with Gasteiger partial charge in [0.25, 0.3) is 11.8 Å². The van der Waals surface area contributed by atoms with Crippen molar-refractivity contribution < 1.29 is 9.59 Å². The zero-order chi connectivity index (χ0) is 16.6. The summed E-state index contributed by atoms with van der Waals surface area (Å²) in [6.45, 7) is 5.97. The normalized spacial score (nSPS) is 16.1. The molecule has 4 nitrogen and oxygen atoms in total. The van der Waals surface area contributed by atoms with Crippen molar-refractivity contribution >= 4 is 23.6 Å². The number of amides is 2. The second-order valence-corrected chi connectivity index (χ2v) is 5.82. The first-order valence-electron chi connectivity index (χ1n) is 7.47. The molecule has 1 heterocycles. The Labute approximate surface area is 135 Å². The van der Waals surface area contributed by atoms with Gasteiger partial charge < -0.3 is 0 Å². The molecule has 2 aromatic carbocycles. The van der Waals surface area contributed by atoms with Crippen LogP contribution in [0.25, 0.3) is 6.08 Å². The van der Waals surface area contributed by atoms with Crippen LogP contribution in [0.5, 0.6) is 0 Å². The highest BCUT2D eigenvalue weighted by Crippen LogP contribution is 2.23. The van der Waals surface area contributed by atoms with Gasteiger partial charge in [-0.3, -0.25) is 15.0 Å². The predicted molar refractivity (Wildman–Crippen MR) is 90.7 cm³/mol. The molecule has 3 rings (SSSR count). The van der Waals surface area contributed by atoms with Crippen molar-refractivity contribution in [3.63, 3.8) is 0 Å². The number of hydrogen-bond acceptors (Lipinski definition) is 2. The molecular weight excluding hydrogens is 288 g/mol. The Morgan fingerprint density at radius 3 is 2.26 bits per heavy atom. The van der Waals surface area contributed by atoms with Gasteiger partial charge in [-0.15, -0.1) is 0 Å². The average Bonchev–Trinajstić information content (AvgIpc) is 2.80. The fraction of sp³-hybridized carbons (Fsp3) is 0.158. The minimum atomic E-state index is -0.381. The minimum absolute atomic E-state index is 0.145. The Morgan fingerprint density at radius 1 is 0.913 bits per heavy atom. The van der Waals surface area contributed by atoms with Crippen molar-refractivity contribution in [1.29, 1.82) is 0 Å². The molecule has 23 heavy (non-hydrogen) atoms. The van der Waals surface area contributed by atoms with Gasteiger partial charge in [-0.25, -0.2) is 5.01 Å². The molecule has 0 unspecified atom stereocenters. The molecule has 0 atom stereocenters. The van der Waals surface area contributed by atoms with Gasteiger partial charge in [-0.05, 0) is 55.7 Å². The fourth-order valence-corrected chi connectivity index (χ4v) is 2.43. The lowest BCUT2D eigenvalue weighted by Gasteiger charge is -2.15. The summed E-state index contributed by atoms with van der Waals surface area (Å²) in [7, 11) is 0. The van der Waals surface area contributed by atoms with E-state index in [1.165, 1.54) is 5.01 Å². The number of benzene rings is 2. The Kier molecular flexibility index (Phi) is 3.74. The first kappa shape index (κ1) is 15.0. The Morgan fingerprint density at radius 2 is 1.61 bits per heavy atom. The van der Waals surface area contributed by atoms with Crippen LogP contribution in [0.15, 0.2) is 48.0 Å². The van der Waals surface area contributed by atoms with E-state index < -0.39 is 0 Å². The maximum Gasteiger partial charge on any atom is 0.282 e. The second kappa shape index (κ2) is 5.72. The van der Waals surface area contributed by atoms with Crippen LogP contribution in [-0.4, -0.2) is 11.8 Å². The summed E-state index contributed by atoms with van der Waals surface area (Å²) in [5.74, 6) is -0.715. The van der Waals surface area contributed by atoms with Crippen LogP contribution in [0.4, 0.5) is 5.69 Å². The Bertz CT molecular complexity index is 820. The molecule has 0 aromatic heterocycles. The monoisotopic (exact) mass is 306 g/mol. The lowest BCUT2D eigenvalue weighted by atomic mass is 10.1. The van der Waals surface area contributed by atoms with Gasteiger partial charge in [-0.2, -0.15) is 0 Å². The minimum Gasteiger partial charge on any atom is -0.267 e. The Balaban J connectivity index is 1.93. The van der Waals surface area contributed by atoms with Gasteiger partial charge in [-0.1, -0.05) is 35.9 Å². The number of carbonyl (C=O) groups is 2. The third-order valence-corrected chi connectivity index (χ3v) is 4.03. The van der Waals surface area contributed by atoms with E-state index in [0.717, 1.165) is 22.3 Å². The average molecular weight is 306 g/mol. The van der Waals surface area contributed by atoms with Gasteiger partial charge in [0, 0.05) is 0 Å². The number of rotatable bonds is 2. The van der Waals surface area contributed by atoms with E-state index >= 15 is 0 Å². The summed E-state index contributed by atoms with van der Waals surface area (Å²) in [6.07, 6.45) is 1.62. The van der Waals surface area contributed by atoms with Crippen LogP contribution in [0.1, 0.15) is 22.3 Å². The van der Waals surface area contributed by atoms with Gasteiger partial charge in [0.2, 0.25) is 0 Å². The summed E-state index contributed by atoms with van der Waals surface area (Å²) in [4.78, 5) is 24.7. The van der Waals surface area contributed by atoms with Gasteiger partial charge in [0.1, 0.15) is 5.57 Å². The van der Waals surface area contributed by atoms with Crippen LogP contribution >= 0.6 is 0 Å². The molecule has 2 amide bonds. The molecule has 0 spiro atoms. The summed E-state index contributed by atoms with van der Waals surface area (Å²) in [6, 6.07) is 13.3. The molecule has 1 fully saturated rings. The quantitative estimate of drug-likeness (QED) is 0.685. The standard InChI is InChI=1S/C19H18N2O2/c1-12-4-7-15(8-5-12)11-17-18(22)20-21(19(17)23)16-9-6-13(2)14(3)10-16/h4-11H,1-3H3,(H,20,22). The third-order valence-electron chi connectivity index (χ3n) is 4.03. The molecule has 2 aromatic rings. The van der Waals surface area contributed by atoms with Crippen LogP contribution in [0.3, 0.4) is 0 Å². The summed E-state index contributed by atoms with van der Waals surface area (Å²) in [5, 5.41) is 1.30. The van der Waals surface area contributed by atoms with Crippen LogP contribution in [0, 0.1) is 20.8 Å². The summed E-state index contributed by atoms with van der Waals surface area (Å²) in [5.41, 5.74) is 7.61. The molecule has 4 heteroatoms. The summed E-state index contributed by atoms with van der Waals surface area (Å²) < 4.78 is 0. The zero-order valence-corrected chi connectivity index (χ0v) is 13.4. The van der Waals surface area contributed by atoms with Crippen molar-refractivity contribution in [1.82, 2.24) is 5.43 Å². The van der Waals surface area contributed by atoms with Crippen LogP contribution in [0.2, 0.25) is 0 Å². The highest BCUT2D eigenvalue weighted by molar-refractivity contribution is 6.31. The predicted octanol–water partition coefficient (Wildman–Crippen LogP) is 3.07. The number of hydrogen-bond donors (Lipinski definition) is 1. The summed E-state index contributed by atoms with van der Waals surface area (Å²) >= 11 is 0. The molecular formula is C19H18N2O2. The first-order valence-corrected chi connectivity index (χ1v) is 7.47. The van der Waals surface area contributed by atoms with E-state index in [-0.39, 0.29) is 17.4 Å². The van der Waals surface area contributed by atoms with Gasteiger partial charge in [0.15, 0.2) is 0 Å². The van der Waals surface area contributed by atoms with Crippen molar-refractivity contribution in [3.05, 3.63) is 70.3 Å². The maximum absolute atomic E-state index is 12.6. The number of anilines is 1. The first-order chi connectivity index (χ1) is 11.0. The SMILES string of the molecule is Cc1ccc(C=C2C(=O)NN(c3ccc(C)c(C)c3)C2=O)cc1. The van der Waals surface area contributed by atoms with Crippen molar-refractivity contribution in [2.24, 2.45) is 0 Å². The fourth-order valence-electron chi connectivity index (χ4n) is 2.43. The van der Waals surface area contributed by atoms with Crippen LogP contribution < -0.4 is 10.4 Å². The molecule has 1 saturated heterocycles. The topological polar surface area (TPSA) is 49.4 Å². The molecule has 116 valence electrons. The highest BCUT2D eigenvalue weighted by Gasteiger charge is 2.34. The molecule has 0 bridgehead atoms. The van der Waals surface area contributed by atoms with Crippen LogP contribution in [-0.2, 0) is 9.59 Å². The van der Waals surface area contributed by atoms with Crippen molar-refractivity contribution in [2.45, 2.75) is 20.8 Å². The molecule has 0 aliphatic carbocycles. The largest absolute Gasteiger partial charge is 0.282 e. The van der Waals surface area contributed by atoms with Crippen molar-refractivity contribution in [2.75, 3.05) is 5.01 Å². The molecule has 0 radical (unpaired) electrons. The van der Waals surface area contributed by atoms with E-state index in [1.807, 2.05) is 63.2 Å². The molecule has 1 N–H and O–H groups in total. The third kappa shape index (κ3) is 2.88. The second-order valence-electron chi connectivity index (χ2n) is 5.82. The Hall–Kier alpha value is -2.88. The molecule has 1 aliphatic rings. The molecule has 0 saturated carbocycles. The van der Waals surface area contributed by atoms with E-state index in [9.17, 15) is 9.59 Å². The number of aryl methyl sites for hydroxylation is 3. The number of carbonyl (C=O) groups excluding carboxylic acids is 2. The maximum atomic E-state index is 12.6. The number of nitrogens with zero attached hydrogens (tertiary/aromatic N) is 1. The van der Waals surface area contributed by atoms with Gasteiger partial charge in [0.05, 0.1) is 5.69 Å². The van der Waals surface area contributed by atoms with Crippen molar-refractivity contribution in [3.8, 4) is 0 Å². The van der Waals surface area contributed by atoms with E-state index in [2.05, 4.69) is 5.43 Å².